The van der Waals surface area contributed by atoms with Gasteiger partial charge in [-0.05, 0) is 50.2 Å². The van der Waals surface area contributed by atoms with E-state index in [1.165, 1.54) is 44.9 Å². The van der Waals surface area contributed by atoms with E-state index in [9.17, 15) is 9.90 Å². The van der Waals surface area contributed by atoms with Gasteiger partial charge in [-0.1, -0.05) is 30.9 Å². The van der Waals surface area contributed by atoms with Gasteiger partial charge < -0.3 is 10.0 Å². The summed E-state index contributed by atoms with van der Waals surface area (Å²) >= 11 is 0. The maximum atomic E-state index is 11.5. The second-order valence-electron chi connectivity index (χ2n) is 6.87. The predicted molar refractivity (Wildman–Crippen MR) is 85.1 cm³/mol. The molecule has 1 saturated carbocycles. The zero-order valence-corrected chi connectivity index (χ0v) is 12.9. The molecular formula is C18H25NO2. The number of carboxylic acids is 1. The summed E-state index contributed by atoms with van der Waals surface area (Å²) < 4.78 is 0. The summed E-state index contributed by atoms with van der Waals surface area (Å²) in [5, 5.41) is 9.44. The van der Waals surface area contributed by atoms with Crippen LogP contribution in [0.4, 0.5) is 5.69 Å². The van der Waals surface area contributed by atoms with Crippen LogP contribution in [0.3, 0.4) is 0 Å². The molecule has 3 nitrogen and oxygen atoms in total. The highest BCUT2D eigenvalue weighted by atomic mass is 16.4. The van der Waals surface area contributed by atoms with Gasteiger partial charge in [0.05, 0.1) is 11.3 Å². The minimum Gasteiger partial charge on any atom is -0.478 e. The third kappa shape index (κ3) is 2.92. The van der Waals surface area contributed by atoms with Crippen LogP contribution >= 0.6 is 0 Å². The number of piperidine rings is 1. The van der Waals surface area contributed by atoms with Crippen molar-refractivity contribution < 1.29 is 9.90 Å². The third-order valence-corrected chi connectivity index (χ3v) is 5.46. The van der Waals surface area contributed by atoms with Crippen LogP contribution in [0.15, 0.2) is 18.2 Å². The molecule has 1 spiro atoms. The number of anilines is 1. The third-order valence-electron chi connectivity index (χ3n) is 5.46. The fraction of sp³-hybridized carbons (Fsp3) is 0.611. The molecule has 0 unspecified atom stereocenters. The lowest BCUT2D eigenvalue weighted by Crippen LogP contribution is -2.41. The van der Waals surface area contributed by atoms with Gasteiger partial charge in [0, 0.05) is 13.1 Å². The molecule has 1 aliphatic heterocycles. The minimum absolute atomic E-state index is 0.453. The average Bonchev–Trinajstić information content (AvgIpc) is 2.49. The van der Waals surface area contributed by atoms with Crippen LogP contribution in [0.2, 0.25) is 0 Å². The molecule has 0 atom stereocenters. The topological polar surface area (TPSA) is 40.5 Å². The van der Waals surface area contributed by atoms with Gasteiger partial charge in [-0.2, -0.15) is 0 Å². The summed E-state index contributed by atoms with van der Waals surface area (Å²) in [6.07, 6.45) is 9.35. The Labute approximate surface area is 127 Å². The van der Waals surface area contributed by atoms with E-state index in [4.69, 9.17) is 0 Å². The molecule has 1 saturated heterocycles. The number of aryl methyl sites for hydroxylation is 1. The molecule has 2 aliphatic rings. The molecule has 1 aromatic rings. The number of hydrogen-bond donors (Lipinski definition) is 1. The van der Waals surface area contributed by atoms with E-state index in [2.05, 4.69) is 4.90 Å². The molecule has 114 valence electrons. The van der Waals surface area contributed by atoms with Crippen LogP contribution in [0, 0.1) is 12.3 Å². The van der Waals surface area contributed by atoms with Crippen molar-refractivity contribution in [2.24, 2.45) is 5.41 Å². The van der Waals surface area contributed by atoms with Gasteiger partial charge in [-0.25, -0.2) is 4.79 Å². The molecule has 1 aromatic carbocycles. The van der Waals surface area contributed by atoms with Gasteiger partial charge in [-0.15, -0.1) is 0 Å². The highest BCUT2D eigenvalue weighted by Gasteiger charge is 2.36. The summed E-state index contributed by atoms with van der Waals surface area (Å²) in [7, 11) is 0. The van der Waals surface area contributed by atoms with Crippen molar-refractivity contribution in [3.05, 3.63) is 29.3 Å². The summed E-state index contributed by atoms with van der Waals surface area (Å²) in [6.45, 7) is 3.95. The highest BCUT2D eigenvalue weighted by Crippen LogP contribution is 2.45. The first-order chi connectivity index (χ1) is 10.1. The Hall–Kier alpha value is -1.51. The van der Waals surface area contributed by atoms with Gasteiger partial charge in [0.2, 0.25) is 0 Å². The van der Waals surface area contributed by atoms with Crippen molar-refractivity contribution in [1.82, 2.24) is 0 Å². The number of hydrogen-bond acceptors (Lipinski definition) is 2. The zero-order valence-electron chi connectivity index (χ0n) is 12.9. The summed E-state index contributed by atoms with van der Waals surface area (Å²) in [5.74, 6) is -0.813. The molecule has 0 aromatic heterocycles. The van der Waals surface area contributed by atoms with Crippen molar-refractivity contribution in [2.45, 2.75) is 51.9 Å². The van der Waals surface area contributed by atoms with Gasteiger partial charge in [0.25, 0.3) is 0 Å². The van der Waals surface area contributed by atoms with Gasteiger partial charge >= 0.3 is 5.97 Å². The van der Waals surface area contributed by atoms with Crippen molar-refractivity contribution in [2.75, 3.05) is 18.0 Å². The van der Waals surface area contributed by atoms with Crippen LogP contribution in [0.1, 0.15) is 60.9 Å². The Morgan fingerprint density at radius 3 is 2.38 bits per heavy atom. The molecule has 3 rings (SSSR count). The molecular weight excluding hydrogens is 262 g/mol. The van der Waals surface area contributed by atoms with Crippen LogP contribution in [-0.2, 0) is 0 Å². The van der Waals surface area contributed by atoms with Gasteiger partial charge in [0.1, 0.15) is 0 Å². The number of nitrogens with zero attached hydrogens (tertiary/aromatic N) is 1. The van der Waals surface area contributed by atoms with Gasteiger partial charge in [0.15, 0.2) is 0 Å². The molecule has 1 heterocycles. The second kappa shape index (κ2) is 5.70. The lowest BCUT2D eigenvalue weighted by atomic mass is 9.68. The Morgan fingerprint density at radius 1 is 1.10 bits per heavy atom. The lowest BCUT2D eigenvalue weighted by Gasteiger charge is -2.45. The smallest absolute Gasteiger partial charge is 0.337 e. The maximum absolute atomic E-state index is 11.5. The SMILES string of the molecule is Cc1ccc(N2CCC3(CCCCC3)CC2)c(C(=O)O)c1. The van der Waals surface area contributed by atoms with E-state index in [1.807, 2.05) is 19.1 Å². The minimum atomic E-state index is -0.813. The van der Waals surface area contributed by atoms with Crippen LogP contribution < -0.4 is 4.90 Å². The summed E-state index contributed by atoms with van der Waals surface area (Å²) in [6, 6.07) is 5.80. The molecule has 3 heteroatoms. The van der Waals surface area contributed by atoms with Crippen molar-refractivity contribution in [1.29, 1.82) is 0 Å². The quantitative estimate of drug-likeness (QED) is 0.884. The fourth-order valence-electron chi connectivity index (χ4n) is 4.12. The predicted octanol–water partition coefficient (Wildman–Crippen LogP) is 4.24. The Bertz CT molecular complexity index is 522. The Balaban J connectivity index is 1.76. The molecule has 0 radical (unpaired) electrons. The van der Waals surface area contributed by atoms with E-state index in [-0.39, 0.29) is 0 Å². The fourth-order valence-corrected chi connectivity index (χ4v) is 4.12. The summed E-state index contributed by atoms with van der Waals surface area (Å²) in [4.78, 5) is 13.8. The lowest BCUT2D eigenvalue weighted by molar-refractivity contribution is 0.0697. The second-order valence-corrected chi connectivity index (χ2v) is 6.87. The zero-order chi connectivity index (χ0) is 14.9. The van der Waals surface area contributed by atoms with Crippen LogP contribution in [0.5, 0.6) is 0 Å². The molecule has 21 heavy (non-hydrogen) atoms. The van der Waals surface area contributed by atoms with E-state index < -0.39 is 5.97 Å². The van der Waals surface area contributed by atoms with Crippen molar-refractivity contribution >= 4 is 11.7 Å². The van der Waals surface area contributed by atoms with Crippen LogP contribution in [0.25, 0.3) is 0 Å². The number of aromatic carboxylic acids is 1. The monoisotopic (exact) mass is 287 g/mol. The van der Waals surface area contributed by atoms with Crippen molar-refractivity contribution in [3.63, 3.8) is 0 Å². The number of carbonyl (C=O) groups is 1. The number of rotatable bonds is 2. The van der Waals surface area contributed by atoms with E-state index >= 15 is 0 Å². The van der Waals surface area contributed by atoms with Gasteiger partial charge in [-0.3, -0.25) is 0 Å². The Kier molecular flexibility index (Phi) is 3.92. The maximum Gasteiger partial charge on any atom is 0.337 e. The normalized spacial score (nSPS) is 21.5. The first-order valence-electron chi connectivity index (χ1n) is 8.19. The summed E-state index contributed by atoms with van der Waals surface area (Å²) in [5.41, 5.74) is 2.92. The van der Waals surface area contributed by atoms with Crippen LogP contribution in [-0.4, -0.2) is 24.2 Å². The van der Waals surface area contributed by atoms with Crippen molar-refractivity contribution in [3.8, 4) is 0 Å². The number of carboxylic acid groups (broad SMARTS) is 1. The standard InChI is InChI=1S/C18H25NO2/c1-14-5-6-16(15(13-14)17(20)21)19-11-9-18(10-12-19)7-3-2-4-8-18/h5-6,13H,2-4,7-12H2,1H3,(H,20,21). The molecule has 0 amide bonds. The Morgan fingerprint density at radius 2 is 1.76 bits per heavy atom. The highest BCUT2D eigenvalue weighted by molar-refractivity contribution is 5.94. The van der Waals surface area contributed by atoms with E-state index in [0.717, 1.165) is 24.3 Å². The first kappa shape index (κ1) is 14.4. The first-order valence-corrected chi connectivity index (χ1v) is 8.19. The molecule has 2 fully saturated rings. The average molecular weight is 287 g/mol. The van der Waals surface area contributed by atoms with E-state index in [0.29, 0.717) is 11.0 Å². The largest absolute Gasteiger partial charge is 0.478 e. The van der Waals surface area contributed by atoms with E-state index in [1.54, 1.807) is 6.07 Å². The molecule has 1 aliphatic carbocycles. The molecule has 1 N–H and O–H groups in total. The molecule has 0 bridgehead atoms. The number of benzene rings is 1.